The standard InChI is InChI=1S/C22H22O6/c1-22(2,3)28-21(24)25-14-17-20(23)27-19(16-12-8-5-9-13-16)18(26-17)15-10-6-4-7-11-15/h4-13,17H,14H2,1-3H3/t17-/m0/s1. The Kier molecular flexibility index (Phi) is 5.68. The number of hydrogen-bond acceptors (Lipinski definition) is 6. The number of ether oxygens (including phenoxy) is 4. The first-order valence-electron chi connectivity index (χ1n) is 8.93. The zero-order valence-corrected chi connectivity index (χ0v) is 16.0. The zero-order chi connectivity index (χ0) is 20.1. The van der Waals surface area contributed by atoms with E-state index in [9.17, 15) is 9.59 Å². The van der Waals surface area contributed by atoms with E-state index < -0.39 is 23.8 Å². The highest BCUT2D eigenvalue weighted by atomic mass is 16.7. The Balaban J connectivity index is 1.84. The van der Waals surface area contributed by atoms with Gasteiger partial charge in [-0.25, -0.2) is 9.59 Å². The average molecular weight is 382 g/mol. The molecule has 0 spiro atoms. The molecule has 1 aliphatic rings. The fourth-order valence-corrected chi connectivity index (χ4v) is 2.55. The molecular formula is C22H22O6. The summed E-state index contributed by atoms with van der Waals surface area (Å²) < 4.78 is 21.6. The van der Waals surface area contributed by atoms with Gasteiger partial charge >= 0.3 is 12.1 Å². The van der Waals surface area contributed by atoms with Gasteiger partial charge in [0.2, 0.25) is 6.10 Å². The van der Waals surface area contributed by atoms with Gasteiger partial charge in [-0.2, -0.15) is 0 Å². The van der Waals surface area contributed by atoms with Crippen LogP contribution >= 0.6 is 0 Å². The summed E-state index contributed by atoms with van der Waals surface area (Å²) in [6.07, 6.45) is -1.96. The van der Waals surface area contributed by atoms with Gasteiger partial charge in [0.15, 0.2) is 11.5 Å². The lowest BCUT2D eigenvalue weighted by Crippen LogP contribution is -2.36. The van der Waals surface area contributed by atoms with Crippen LogP contribution in [0.3, 0.4) is 0 Å². The molecular weight excluding hydrogens is 360 g/mol. The van der Waals surface area contributed by atoms with Crippen molar-refractivity contribution >= 4 is 23.6 Å². The molecule has 0 radical (unpaired) electrons. The molecule has 0 bridgehead atoms. The fourth-order valence-electron chi connectivity index (χ4n) is 2.55. The number of cyclic esters (lactones) is 1. The number of benzene rings is 2. The molecule has 0 fully saturated rings. The van der Waals surface area contributed by atoms with Crippen molar-refractivity contribution in [1.29, 1.82) is 0 Å². The summed E-state index contributed by atoms with van der Waals surface area (Å²) in [4.78, 5) is 24.2. The first-order chi connectivity index (χ1) is 13.3. The highest BCUT2D eigenvalue weighted by molar-refractivity contribution is 5.94. The van der Waals surface area contributed by atoms with Gasteiger partial charge in [-0.1, -0.05) is 60.7 Å². The number of hydrogen-bond donors (Lipinski definition) is 0. The number of rotatable bonds is 4. The highest BCUT2D eigenvalue weighted by Crippen LogP contribution is 2.33. The van der Waals surface area contributed by atoms with Gasteiger partial charge in [-0.05, 0) is 20.8 Å². The van der Waals surface area contributed by atoms with Crippen molar-refractivity contribution in [2.45, 2.75) is 32.5 Å². The lowest BCUT2D eigenvalue weighted by molar-refractivity contribution is -0.151. The second-order valence-corrected chi connectivity index (χ2v) is 7.19. The predicted molar refractivity (Wildman–Crippen MR) is 103 cm³/mol. The molecule has 1 atom stereocenters. The van der Waals surface area contributed by atoms with Crippen molar-refractivity contribution in [2.75, 3.05) is 6.61 Å². The van der Waals surface area contributed by atoms with Crippen LogP contribution in [-0.2, 0) is 23.7 Å². The Hall–Kier alpha value is -3.28. The van der Waals surface area contributed by atoms with Gasteiger partial charge in [0.05, 0.1) is 0 Å². The number of esters is 1. The van der Waals surface area contributed by atoms with Crippen molar-refractivity contribution in [2.24, 2.45) is 0 Å². The van der Waals surface area contributed by atoms with Crippen molar-refractivity contribution in [3.05, 3.63) is 71.8 Å². The minimum atomic E-state index is -1.09. The second kappa shape index (κ2) is 8.17. The van der Waals surface area contributed by atoms with Crippen LogP contribution in [0.5, 0.6) is 0 Å². The van der Waals surface area contributed by atoms with Crippen LogP contribution in [-0.4, -0.2) is 30.4 Å². The molecule has 1 aliphatic heterocycles. The van der Waals surface area contributed by atoms with Crippen molar-refractivity contribution < 1.29 is 28.5 Å². The normalized spacial score (nSPS) is 16.8. The molecule has 2 aromatic rings. The summed E-state index contributed by atoms with van der Waals surface area (Å²) in [7, 11) is 0. The molecule has 2 aromatic carbocycles. The molecule has 146 valence electrons. The Bertz CT molecular complexity index is 865. The van der Waals surface area contributed by atoms with E-state index in [4.69, 9.17) is 18.9 Å². The molecule has 0 aliphatic carbocycles. The van der Waals surface area contributed by atoms with Gasteiger partial charge in [0.1, 0.15) is 12.2 Å². The molecule has 0 N–H and O–H groups in total. The zero-order valence-electron chi connectivity index (χ0n) is 16.0. The average Bonchev–Trinajstić information content (AvgIpc) is 2.67. The Morgan fingerprint density at radius 3 is 2.00 bits per heavy atom. The number of carbonyl (C=O) groups excluding carboxylic acids is 2. The quantitative estimate of drug-likeness (QED) is 0.730. The lowest BCUT2D eigenvalue weighted by atomic mass is 10.1. The van der Waals surface area contributed by atoms with Crippen LogP contribution in [0, 0.1) is 0 Å². The molecule has 0 amide bonds. The molecule has 0 saturated carbocycles. The molecule has 28 heavy (non-hydrogen) atoms. The van der Waals surface area contributed by atoms with Crippen molar-refractivity contribution in [1.82, 2.24) is 0 Å². The summed E-state index contributed by atoms with van der Waals surface area (Å²) in [6.45, 7) is 4.86. The maximum Gasteiger partial charge on any atom is 0.508 e. The van der Waals surface area contributed by atoms with E-state index in [1.165, 1.54) is 0 Å². The molecule has 6 heteroatoms. The molecule has 1 heterocycles. The predicted octanol–water partition coefficient (Wildman–Crippen LogP) is 4.41. The maximum absolute atomic E-state index is 12.4. The topological polar surface area (TPSA) is 71.1 Å². The van der Waals surface area contributed by atoms with E-state index in [-0.39, 0.29) is 6.61 Å². The van der Waals surface area contributed by atoms with E-state index in [0.29, 0.717) is 17.1 Å². The van der Waals surface area contributed by atoms with E-state index in [2.05, 4.69) is 0 Å². The van der Waals surface area contributed by atoms with Crippen LogP contribution in [0.25, 0.3) is 11.5 Å². The molecule has 0 aromatic heterocycles. The summed E-state index contributed by atoms with van der Waals surface area (Å²) in [5.41, 5.74) is 0.762. The highest BCUT2D eigenvalue weighted by Gasteiger charge is 2.35. The molecule has 0 saturated heterocycles. The largest absolute Gasteiger partial charge is 0.508 e. The Morgan fingerprint density at radius 1 is 0.929 bits per heavy atom. The first-order valence-corrected chi connectivity index (χ1v) is 8.93. The Morgan fingerprint density at radius 2 is 1.46 bits per heavy atom. The van der Waals surface area contributed by atoms with Crippen molar-refractivity contribution in [3.8, 4) is 0 Å². The molecule has 0 unspecified atom stereocenters. The summed E-state index contributed by atoms with van der Waals surface area (Å²) in [5, 5.41) is 0. The van der Waals surface area contributed by atoms with Gasteiger partial charge in [-0.3, -0.25) is 0 Å². The van der Waals surface area contributed by atoms with Gasteiger partial charge in [-0.15, -0.1) is 0 Å². The van der Waals surface area contributed by atoms with Crippen LogP contribution < -0.4 is 0 Å². The van der Waals surface area contributed by atoms with Crippen LogP contribution in [0.2, 0.25) is 0 Å². The Labute approximate surface area is 163 Å². The third-order valence-corrected chi connectivity index (χ3v) is 3.75. The third kappa shape index (κ3) is 4.91. The van der Waals surface area contributed by atoms with Crippen LogP contribution in [0.4, 0.5) is 4.79 Å². The van der Waals surface area contributed by atoms with Gasteiger partial charge < -0.3 is 18.9 Å². The minimum Gasteiger partial charge on any atom is -0.470 e. The molecule has 3 rings (SSSR count). The SMILES string of the molecule is CC(C)(C)OC(=O)OC[C@@H]1OC(c2ccccc2)=C(c2ccccc2)OC1=O. The van der Waals surface area contributed by atoms with Gasteiger partial charge in [0, 0.05) is 11.1 Å². The van der Waals surface area contributed by atoms with Crippen LogP contribution in [0.1, 0.15) is 31.9 Å². The van der Waals surface area contributed by atoms with E-state index in [1.807, 2.05) is 60.7 Å². The molecule has 6 nitrogen and oxygen atoms in total. The van der Waals surface area contributed by atoms with Crippen molar-refractivity contribution in [3.63, 3.8) is 0 Å². The summed E-state index contributed by atoms with van der Waals surface area (Å²) in [5.74, 6) is 0.0941. The summed E-state index contributed by atoms with van der Waals surface area (Å²) in [6, 6.07) is 18.5. The van der Waals surface area contributed by atoms with E-state index in [1.54, 1.807) is 20.8 Å². The number of carbonyl (C=O) groups is 2. The van der Waals surface area contributed by atoms with Gasteiger partial charge in [0.25, 0.3) is 0 Å². The van der Waals surface area contributed by atoms with Crippen LogP contribution in [0.15, 0.2) is 60.7 Å². The fraction of sp³-hybridized carbons (Fsp3) is 0.273. The van der Waals surface area contributed by atoms with E-state index in [0.717, 1.165) is 5.56 Å². The minimum absolute atomic E-state index is 0.313. The summed E-state index contributed by atoms with van der Waals surface area (Å²) >= 11 is 0. The van der Waals surface area contributed by atoms with E-state index >= 15 is 0 Å². The second-order valence-electron chi connectivity index (χ2n) is 7.19. The third-order valence-electron chi connectivity index (χ3n) is 3.75. The lowest BCUT2D eigenvalue weighted by Gasteiger charge is -2.27. The first kappa shape index (κ1) is 19.5. The maximum atomic E-state index is 12.4. The smallest absolute Gasteiger partial charge is 0.470 e. The monoisotopic (exact) mass is 382 g/mol.